The van der Waals surface area contributed by atoms with E-state index in [1.54, 1.807) is 18.2 Å². The maximum absolute atomic E-state index is 12.9. The number of hydrogen-bond donors (Lipinski definition) is 3. The summed E-state index contributed by atoms with van der Waals surface area (Å²) in [5.74, 6) is -0.553. The van der Waals surface area contributed by atoms with Gasteiger partial charge in [0.2, 0.25) is 5.91 Å². The quantitative estimate of drug-likeness (QED) is 0.439. The van der Waals surface area contributed by atoms with Crippen LogP contribution in [0.25, 0.3) is 0 Å². The average molecular weight is 433 g/mol. The molecule has 1 aliphatic heterocycles. The van der Waals surface area contributed by atoms with Crippen molar-refractivity contribution in [3.63, 3.8) is 0 Å². The van der Waals surface area contributed by atoms with Crippen molar-refractivity contribution in [1.29, 1.82) is 0 Å². The first-order valence-electron chi connectivity index (χ1n) is 11.1. The lowest BCUT2D eigenvalue weighted by Gasteiger charge is -2.25. The zero-order valence-corrected chi connectivity index (χ0v) is 19.2. The van der Waals surface area contributed by atoms with Gasteiger partial charge in [-0.25, -0.2) is 0 Å². The van der Waals surface area contributed by atoms with Gasteiger partial charge in [0, 0.05) is 5.56 Å². The van der Waals surface area contributed by atoms with E-state index >= 15 is 0 Å². The van der Waals surface area contributed by atoms with Crippen LogP contribution in [0.3, 0.4) is 0 Å². The molecule has 0 saturated carbocycles. The normalized spacial score (nSPS) is 19.7. The van der Waals surface area contributed by atoms with Crippen LogP contribution in [0, 0.1) is 11.8 Å². The SMILES string of the molecule is CCC1(C(=O)C(CC(C)C)NC(=O)[C@H](CO)NC(=O)c2cccc(CC(C)C)c2)CO1. The number of rotatable bonds is 12. The molecule has 7 nitrogen and oxygen atoms in total. The van der Waals surface area contributed by atoms with E-state index in [9.17, 15) is 19.5 Å². The zero-order valence-electron chi connectivity index (χ0n) is 19.2. The highest BCUT2D eigenvalue weighted by Gasteiger charge is 2.52. The topological polar surface area (TPSA) is 108 Å². The van der Waals surface area contributed by atoms with Gasteiger partial charge in [-0.2, -0.15) is 0 Å². The molecule has 1 aromatic carbocycles. The molecule has 31 heavy (non-hydrogen) atoms. The minimum Gasteiger partial charge on any atom is -0.394 e. The van der Waals surface area contributed by atoms with Gasteiger partial charge in [-0.3, -0.25) is 14.4 Å². The van der Waals surface area contributed by atoms with Gasteiger partial charge in [0.05, 0.1) is 19.3 Å². The molecule has 1 fully saturated rings. The third-order valence-corrected chi connectivity index (χ3v) is 5.49. The van der Waals surface area contributed by atoms with Gasteiger partial charge in [-0.05, 0) is 48.8 Å². The summed E-state index contributed by atoms with van der Waals surface area (Å²) in [5.41, 5.74) is 0.641. The lowest BCUT2D eigenvalue weighted by atomic mass is 9.90. The Hall–Kier alpha value is -2.25. The first-order chi connectivity index (χ1) is 14.6. The second-order valence-electron chi connectivity index (χ2n) is 9.20. The number of ketones is 1. The summed E-state index contributed by atoms with van der Waals surface area (Å²) in [7, 11) is 0. The van der Waals surface area contributed by atoms with Crippen LogP contribution in [0.5, 0.6) is 0 Å². The molecule has 7 heteroatoms. The van der Waals surface area contributed by atoms with Crippen LogP contribution in [0.1, 0.15) is 63.4 Å². The largest absolute Gasteiger partial charge is 0.394 e. The molecule has 0 aromatic heterocycles. The fraction of sp³-hybridized carbons (Fsp3) is 0.625. The fourth-order valence-electron chi connectivity index (χ4n) is 3.65. The second-order valence-corrected chi connectivity index (χ2v) is 9.20. The van der Waals surface area contributed by atoms with Crippen molar-refractivity contribution in [1.82, 2.24) is 10.6 Å². The number of carbonyl (C=O) groups is 3. The summed E-state index contributed by atoms with van der Waals surface area (Å²) < 4.78 is 5.38. The number of amides is 2. The summed E-state index contributed by atoms with van der Waals surface area (Å²) in [6, 6.07) is 5.35. The number of benzene rings is 1. The molecular formula is C24H36N2O5. The van der Waals surface area contributed by atoms with Crippen molar-refractivity contribution in [3.05, 3.63) is 35.4 Å². The number of hydrogen-bond acceptors (Lipinski definition) is 5. The van der Waals surface area contributed by atoms with Crippen LogP contribution in [0.4, 0.5) is 0 Å². The van der Waals surface area contributed by atoms with Gasteiger partial charge in [-0.1, -0.05) is 46.8 Å². The van der Waals surface area contributed by atoms with Gasteiger partial charge >= 0.3 is 0 Å². The Morgan fingerprint density at radius 2 is 1.77 bits per heavy atom. The molecule has 3 atom stereocenters. The first-order valence-corrected chi connectivity index (χ1v) is 11.1. The molecule has 2 amide bonds. The standard InChI is InChI=1S/C24H36N2O5/c1-6-24(14-31-24)21(28)19(11-16(4)5)25-23(30)20(13-27)26-22(29)18-9-7-8-17(12-18)10-15(2)3/h7-9,12,15-16,19-20,27H,6,10-11,13-14H2,1-5H3,(H,25,30)(H,26,29)/t19?,20-,24?/m0/s1. The summed E-state index contributed by atoms with van der Waals surface area (Å²) in [6.07, 6.45) is 1.84. The number of aliphatic hydroxyl groups excluding tert-OH is 1. The smallest absolute Gasteiger partial charge is 0.252 e. The lowest BCUT2D eigenvalue weighted by Crippen LogP contribution is -2.55. The van der Waals surface area contributed by atoms with E-state index in [1.807, 2.05) is 26.8 Å². The molecule has 2 rings (SSSR count). The summed E-state index contributed by atoms with van der Waals surface area (Å²) in [4.78, 5) is 38.4. The van der Waals surface area contributed by atoms with Crippen LogP contribution in [0.2, 0.25) is 0 Å². The molecule has 1 aromatic rings. The minimum atomic E-state index is -1.15. The second kappa shape index (κ2) is 10.9. The minimum absolute atomic E-state index is 0.151. The summed E-state index contributed by atoms with van der Waals surface area (Å²) in [6.45, 7) is 9.80. The van der Waals surface area contributed by atoms with Crippen molar-refractivity contribution in [2.75, 3.05) is 13.2 Å². The molecule has 0 bridgehead atoms. The number of ether oxygens (including phenoxy) is 1. The first kappa shape index (κ1) is 25.0. The molecule has 0 aliphatic carbocycles. The number of Topliss-reactive ketones (excluding diaryl/α,β-unsaturated/α-hetero) is 1. The zero-order chi connectivity index (χ0) is 23.2. The number of epoxide rings is 1. The molecule has 1 aliphatic rings. The lowest BCUT2D eigenvalue weighted by molar-refractivity contribution is -0.132. The summed E-state index contributed by atoms with van der Waals surface area (Å²) in [5, 5.41) is 15.0. The average Bonchev–Trinajstić information content (AvgIpc) is 3.51. The van der Waals surface area contributed by atoms with E-state index in [1.165, 1.54) is 0 Å². The molecule has 1 heterocycles. The van der Waals surface area contributed by atoms with Crippen LogP contribution in [-0.2, 0) is 20.7 Å². The molecule has 2 unspecified atom stereocenters. The van der Waals surface area contributed by atoms with Crippen LogP contribution in [0.15, 0.2) is 24.3 Å². The Balaban J connectivity index is 2.07. The highest BCUT2D eigenvalue weighted by Crippen LogP contribution is 2.33. The number of nitrogens with one attached hydrogen (secondary N) is 2. The van der Waals surface area contributed by atoms with Crippen molar-refractivity contribution >= 4 is 17.6 Å². The van der Waals surface area contributed by atoms with Crippen molar-refractivity contribution < 1.29 is 24.2 Å². The third kappa shape index (κ3) is 6.87. The van der Waals surface area contributed by atoms with Gasteiger partial charge in [0.25, 0.3) is 5.91 Å². The van der Waals surface area contributed by atoms with E-state index in [0.717, 1.165) is 12.0 Å². The van der Waals surface area contributed by atoms with Crippen LogP contribution >= 0.6 is 0 Å². The fourth-order valence-corrected chi connectivity index (χ4v) is 3.65. The van der Waals surface area contributed by atoms with E-state index in [-0.39, 0.29) is 11.7 Å². The molecule has 0 spiro atoms. The van der Waals surface area contributed by atoms with Crippen molar-refractivity contribution in [3.8, 4) is 0 Å². The van der Waals surface area contributed by atoms with Gasteiger partial charge in [0.15, 0.2) is 11.4 Å². The predicted molar refractivity (Wildman–Crippen MR) is 119 cm³/mol. The number of aliphatic hydroxyl groups is 1. The van der Waals surface area contributed by atoms with Gasteiger partial charge in [-0.15, -0.1) is 0 Å². The highest BCUT2D eigenvalue weighted by molar-refractivity contribution is 6.00. The van der Waals surface area contributed by atoms with Crippen LogP contribution < -0.4 is 10.6 Å². The van der Waals surface area contributed by atoms with Crippen molar-refractivity contribution in [2.24, 2.45) is 11.8 Å². The monoisotopic (exact) mass is 432 g/mol. The maximum Gasteiger partial charge on any atom is 0.252 e. The third-order valence-electron chi connectivity index (χ3n) is 5.49. The Labute approximate surface area is 184 Å². The van der Waals surface area contributed by atoms with E-state index in [0.29, 0.717) is 30.9 Å². The molecule has 172 valence electrons. The molecule has 0 radical (unpaired) electrons. The maximum atomic E-state index is 12.9. The summed E-state index contributed by atoms with van der Waals surface area (Å²) >= 11 is 0. The molecule has 1 saturated heterocycles. The van der Waals surface area contributed by atoms with Gasteiger partial charge < -0.3 is 20.5 Å². The van der Waals surface area contributed by atoms with E-state index < -0.39 is 36.1 Å². The molecular weight excluding hydrogens is 396 g/mol. The van der Waals surface area contributed by atoms with E-state index in [4.69, 9.17) is 4.74 Å². The Morgan fingerprint density at radius 1 is 1.10 bits per heavy atom. The molecule has 3 N–H and O–H groups in total. The van der Waals surface area contributed by atoms with Gasteiger partial charge in [0.1, 0.15) is 6.04 Å². The van der Waals surface area contributed by atoms with Crippen LogP contribution in [-0.4, -0.2) is 53.6 Å². The Kier molecular flexibility index (Phi) is 8.77. The number of carbonyl (C=O) groups excluding carboxylic acids is 3. The van der Waals surface area contributed by atoms with Crippen molar-refractivity contribution in [2.45, 2.75) is 71.6 Å². The Bertz CT molecular complexity index is 786. The highest BCUT2D eigenvalue weighted by atomic mass is 16.6. The predicted octanol–water partition coefficient (Wildman–Crippen LogP) is 2.25. The Morgan fingerprint density at radius 3 is 2.29 bits per heavy atom. The van der Waals surface area contributed by atoms with E-state index in [2.05, 4.69) is 24.5 Å².